The average Bonchev–Trinajstić information content (AvgIpc) is 2.68. The Balaban J connectivity index is 2.01. The minimum Gasteiger partial charge on any atom is -0.339 e. The van der Waals surface area contributed by atoms with Crippen molar-refractivity contribution >= 4 is 21.8 Å². The van der Waals surface area contributed by atoms with Crippen molar-refractivity contribution in [2.45, 2.75) is 59.4 Å². The van der Waals surface area contributed by atoms with Gasteiger partial charge in [-0.25, -0.2) is 0 Å². The Morgan fingerprint density at radius 1 is 1.28 bits per heavy atom. The number of hydrogen-bond donors (Lipinski definition) is 0. The highest BCUT2D eigenvalue weighted by molar-refractivity contribution is 9.09. The van der Waals surface area contributed by atoms with Gasteiger partial charge in [0.25, 0.3) is 0 Å². The Bertz CT molecular complexity index is 323. The van der Waals surface area contributed by atoms with Gasteiger partial charge in [-0.1, -0.05) is 43.6 Å². The number of rotatable bonds is 4. The topological polar surface area (TPSA) is 20.3 Å². The minimum absolute atomic E-state index is 0.173. The standard InChI is InChI=1S/C15H26BrNO/c1-14(2)12(15(14,3)4)13(18)17-10-6-8-11(17)7-5-9-16/h11-12H,5-10H2,1-4H3. The number of halogens is 1. The number of likely N-dealkylation sites (tertiary alicyclic amines) is 1. The van der Waals surface area contributed by atoms with Crippen LogP contribution < -0.4 is 0 Å². The predicted octanol–water partition coefficient (Wildman–Crippen LogP) is 3.83. The van der Waals surface area contributed by atoms with Gasteiger partial charge in [-0.3, -0.25) is 4.79 Å². The Hall–Kier alpha value is -0.0500. The normalized spacial score (nSPS) is 29.6. The summed E-state index contributed by atoms with van der Waals surface area (Å²) < 4.78 is 0. The molecule has 0 radical (unpaired) electrons. The third-order valence-electron chi connectivity index (χ3n) is 5.60. The molecule has 18 heavy (non-hydrogen) atoms. The smallest absolute Gasteiger partial charge is 0.227 e. The minimum atomic E-state index is 0.173. The van der Waals surface area contributed by atoms with Crippen LogP contribution in [-0.4, -0.2) is 28.7 Å². The molecule has 1 aliphatic carbocycles. The second kappa shape index (κ2) is 4.81. The molecule has 0 spiro atoms. The van der Waals surface area contributed by atoms with E-state index in [1.165, 1.54) is 19.3 Å². The van der Waals surface area contributed by atoms with Crippen molar-refractivity contribution in [2.24, 2.45) is 16.7 Å². The first kappa shape index (κ1) is 14.4. The summed E-state index contributed by atoms with van der Waals surface area (Å²) in [6, 6.07) is 0.502. The second-order valence-electron chi connectivity index (χ2n) is 7.04. The lowest BCUT2D eigenvalue weighted by Gasteiger charge is -2.25. The molecule has 1 saturated heterocycles. The third kappa shape index (κ3) is 2.13. The van der Waals surface area contributed by atoms with E-state index in [1.54, 1.807) is 0 Å². The van der Waals surface area contributed by atoms with Crippen molar-refractivity contribution < 1.29 is 4.79 Å². The van der Waals surface area contributed by atoms with Crippen molar-refractivity contribution in [3.8, 4) is 0 Å². The van der Waals surface area contributed by atoms with Crippen LogP contribution in [0.2, 0.25) is 0 Å². The van der Waals surface area contributed by atoms with E-state index in [1.807, 2.05) is 0 Å². The number of carbonyl (C=O) groups is 1. The molecule has 1 unspecified atom stereocenters. The molecule has 1 atom stereocenters. The first-order chi connectivity index (χ1) is 8.34. The van der Waals surface area contributed by atoms with Gasteiger partial charge in [0, 0.05) is 23.8 Å². The number of alkyl halides is 1. The van der Waals surface area contributed by atoms with Gasteiger partial charge in [-0.05, 0) is 36.5 Å². The molecule has 2 fully saturated rings. The number of carbonyl (C=O) groups excluding carboxylic acids is 1. The molecule has 1 amide bonds. The van der Waals surface area contributed by atoms with E-state index in [4.69, 9.17) is 0 Å². The van der Waals surface area contributed by atoms with Gasteiger partial charge in [-0.2, -0.15) is 0 Å². The summed E-state index contributed by atoms with van der Waals surface area (Å²) in [5, 5.41) is 1.05. The molecule has 1 aliphatic heterocycles. The molecular formula is C15H26BrNO. The molecule has 2 nitrogen and oxygen atoms in total. The van der Waals surface area contributed by atoms with Crippen molar-refractivity contribution in [2.75, 3.05) is 11.9 Å². The Labute approximate surface area is 120 Å². The fraction of sp³-hybridized carbons (Fsp3) is 0.933. The lowest BCUT2D eigenvalue weighted by Crippen LogP contribution is -2.38. The summed E-state index contributed by atoms with van der Waals surface area (Å²) in [6.45, 7) is 9.92. The predicted molar refractivity (Wildman–Crippen MR) is 78.8 cm³/mol. The quantitative estimate of drug-likeness (QED) is 0.722. The summed E-state index contributed by atoms with van der Waals surface area (Å²) >= 11 is 3.49. The van der Waals surface area contributed by atoms with E-state index in [0.717, 1.165) is 18.3 Å². The second-order valence-corrected chi connectivity index (χ2v) is 7.83. The SMILES string of the molecule is CC1(C)C(C(=O)N2CCCC2CCCBr)C1(C)C. The van der Waals surface area contributed by atoms with Gasteiger partial charge in [-0.15, -0.1) is 0 Å². The van der Waals surface area contributed by atoms with Gasteiger partial charge in [0.2, 0.25) is 5.91 Å². The molecule has 1 saturated carbocycles. The van der Waals surface area contributed by atoms with E-state index in [0.29, 0.717) is 11.9 Å². The first-order valence-corrected chi connectivity index (χ1v) is 8.32. The summed E-state index contributed by atoms with van der Waals surface area (Å²) in [6.07, 6.45) is 4.72. The van der Waals surface area contributed by atoms with Crippen LogP contribution in [0.3, 0.4) is 0 Å². The molecule has 1 heterocycles. The molecule has 0 aromatic carbocycles. The van der Waals surface area contributed by atoms with Crippen LogP contribution in [0.15, 0.2) is 0 Å². The molecule has 0 bridgehead atoms. The fourth-order valence-corrected chi connectivity index (χ4v) is 4.04. The molecule has 0 N–H and O–H groups in total. The van der Waals surface area contributed by atoms with Crippen molar-refractivity contribution in [3.63, 3.8) is 0 Å². The fourth-order valence-electron chi connectivity index (χ4n) is 3.72. The van der Waals surface area contributed by atoms with Crippen molar-refractivity contribution in [1.82, 2.24) is 4.90 Å². The van der Waals surface area contributed by atoms with Crippen molar-refractivity contribution in [1.29, 1.82) is 0 Å². The van der Waals surface area contributed by atoms with Gasteiger partial charge in [0.05, 0.1) is 0 Å². The van der Waals surface area contributed by atoms with Crippen LogP contribution in [0, 0.1) is 16.7 Å². The van der Waals surface area contributed by atoms with Crippen LogP contribution in [0.1, 0.15) is 53.4 Å². The Kier molecular flexibility index (Phi) is 3.84. The average molecular weight is 316 g/mol. The number of nitrogens with zero attached hydrogens (tertiary/aromatic N) is 1. The molecule has 0 aromatic heterocycles. The molecule has 3 heteroatoms. The monoisotopic (exact) mass is 315 g/mol. The van der Waals surface area contributed by atoms with E-state index >= 15 is 0 Å². The number of hydrogen-bond acceptors (Lipinski definition) is 1. The lowest BCUT2D eigenvalue weighted by atomic mass is 10.0. The zero-order valence-electron chi connectivity index (χ0n) is 12.1. The van der Waals surface area contributed by atoms with E-state index in [2.05, 4.69) is 48.5 Å². The molecule has 2 rings (SSSR count). The lowest BCUT2D eigenvalue weighted by molar-refractivity contribution is -0.134. The van der Waals surface area contributed by atoms with E-state index in [-0.39, 0.29) is 16.7 Å². The highest BCUT2D eigenvalue weighted by atomic mass is 79.9. The van der Waals surface area contributed by atoms with Gasteiger partial charge >= 0.3 is 0 Å². The van der Waals surface area contributed by atoms with Crippen LogP contribution in [0.25, 0.3) is 0 Å². The van der Waals surface area contributed by atoms with Crippen LogP contribution in [0.4, 0.5) is 0 Å². The first-order valence-electron chi connectivity index (χ1n) is 7.20. The summed E-state index contributed by atoms with van der Waals surface area (Å²) in [7, 11) is 0. The molecular weight excluding hydrogens is 290 g/mol. The maximum Gasteiger partial charge on any atom is 0.227 e. The van der Waals surface area contributed by atoms with Crippen molar-refractivity contribution in [3.05, 3.63) is 0 Å². The molecule has 0 aromatic rings. The van der Waals surface area contributed by atoms with Crippen LogP contribution in [0.5, 0.6) is 0 Å². The highest BCUT2D eigenvalue weighted by Gasteiger charge is 2.69. The maximum absolute atomic E-state index is 12.7. The highest BCUT2D eigenvalue weighted by Crippen LogP contribution is 2.69. The van der Waals surface area contributed by atoms with Gasteiger partial charge in [0.1, 0.15) is 0 Å². The number of amides is 1. The maximum atomic E-state index is 12.7. The molecule has 2 aliphatic rings. The van der Waals surface area contributed by atoms with Crippen LogP contribution >= 0.6 is 15.9 Å². The van der Waals surface area contributed by atoms with E-state index in [9.17, 15) is 4.79 Å². The Morgan fingerprint density at radius 2 is 1.89 bits per heavy atom. The van der Waals surface area contributed by atoms with E-state index < -0.39 is 0 Å². The zero-order valence-corrected chi connectivity index (χ0v) is 13.7. The van der Waals surface area contributed by atoms with Gasteiger partial charge in [0.15, 0.2) is 0 Å². The largest absolute Gasteiger partial charge is 0.339 e. The summed E-state index contributed by atoms with van der Waals surface area (Å²) in [4.78, 5) is 14.9. The molecule has 104 valence electrons. The van der Waals surface area contributed by atoms with Gasteiger partial charge < -0.3 is 4.90 Å². The zero-order chi connectivity index (χ0) is 13.6. The van der Waals surface area contributed by atoms with Crippen LogP contribution in [-0.2, 0) is 4.79 Å². The summed E-state index contributed by atoms with van der Waals surface area (Å²) in [5.41, 5.74) is 0.347. The summed E-state index contributed by atoms with van der Waals surface area (Å²) in [5.74, 6) is 0.650. The third-order valence-corrected chi connectivity index (χ3v) is 6.16. The Morgan fingerprint density at radius 3 is 2.39 bits per heavy atom.